The topological polar surface area (TPSA) is 48.3 Å². The van der Waals surface area contributed by atoms with Crippen LogP contribution >= 0.6 is 0 Å². The van der Waals surface area contributed by atoms with E-state index in [9.17, 15) is 0 Å². The van der Waals surface area contributed by atoms with Gasteiger partial charge in [-0.1, -0.05) is 151 Å². The molecule has 0 bridgehead atoms. The molecule has 3 aromatic heterocycles. The molecule has 0 unspecified atom stereocenters. The maximum atomic E-state index is 6.06. The van der Waals surface area contributed by atoms with Crippen LogP contribution in [0, 0.1) is 0 Å². The molecule has 0 amide bonds. The summed E-state index contributed by atoms with van der Waals surface area (Å²) in [6.45, 7) is 15.0. The number of hydrogen-bond donors (Lipinski definition) is 0. The molecule has 5 aliphatic rings. The third kappa shape index (κ3) is 5.79. The van der Waals surface area contributed by atoms with Crippen LogP contribution in [0.4, 0.5) is 0 Å². The number of hydrogen-bond acceptors (Lipinski definition) is 4. The molecule has 5 heterocycles. The molecule has 2 aliphatic heterocycles. The van der Waals surface area contributed by atoms with Crippen LogP contribution in [0.25, 0.3) is 87.8 Å². The molecule has 0 radical (unpaired) electrons. The highest BCUT2D eigenvalue weighted by Crippen LogP contribution is 2.56. The van der Waals surface area contributed by atoms with Crippen LogP contribution in [0.15, 0.2) is 170 Å². The third-order valence-corrected chi connectivity index (χ3v) is 16.4. The highest BCUT2D eigenvalue weighted by molar-refractivity contribution is 6.08. The second-order valence-corrected chi connectivity index (χ2v) is 21.4. The van der Waals surface area contributed by atoms with Gasteiger partial charge in [0.05, 0.1) is 29.4 Å². The molecule has 344 valence electrons. The Labute approximate surface area is 413 Å². The second-order valence-electron chi connectivity index (χ2n) is 21.4. The van der Waals surface area contributed by atoms with Gasteiger partial charge in [-0.2, -0.15) is 9.13 Å². The van der Waals surface area contributed by atoms with Crippen molar-refractivity contribution in [1.82, 2.24) is 4.98 Å². The predicted octanol–water partition coefficient (Wildman–Crippen LogP) is 14.4. The Morgan fingerprint density at radius 1 is 0.437 bits per heavy atom. The monoisotopic (exact) mass is 923 g/mol. The van der Waals surface area contributed by atoms with E-state index in [1.807, 2.05) is 6.07 Å². The summed E-state index contributed by atoms with van der Waals surface area (Å²) < 4.78 is 22.2. The Morgan fingerprint density at radius 3 is 1.62 bits per heavy atom. The summed E-state index contributed by atoms with van der Waals surface area (Å²) in [7, 11) is 1.73. The van der Waals surface area contributed by atoms with Crippen LogP contribution in [0.5, 0.6) is 17.2 Å². The third-order valence-electron chi connectivity index (χ3n) is 16.4. The van der Waals surface area contributed by atoms with Crippen LogP contribution in [0.2, 0.25) is 0 Å². The van der Waals surface area contributed by atoms with Crippen molar-refractivity contribution < 1.29 is 23.3 Å². The Hall–Kier alpha value is -8.09. The fourth-order valence-electron chi connectivity index (χ4n) is 13.0. The minimum Gasteiger partial charge on any atom is -0.496 e. The van der Waals surface area contributed by atoms with E-state index in [0.717, 1.165) is 34.0 Å². The zero-order valence-electron chi connectivity index (χ0n) is 41.1. The summed E-state index contributed by atoms with van der Waals surface area (Å²) in [6.07, 6.45) is 4.47. The average molecular weight is 924 g/mol. The molecule has 3 aliphatic carbocycles. The van der Waals surface area contributed by atoms with Crippen LogP contribution < -0.4 is 23.3 Å². The lowest BCUT2D eigenvalue weighted by atomic mass is 9.80. The van der Waals surface area contributed by atoms with Gasteiger partial charge < -0.3 is 14.2 Å². The quantitative estimate of drug-likeness (QED) is 0.0935. The van der Waals surface area contributed by atoms with Crippen molar-refractivity contribution >= 4 is 54.0 Å². The Balaban J connectivity index is 0.0000000998. The highest BCUT2D eigenvalue weighted by Gasteiger charge is 2.48. The van der Waals surface area contributed by atoms with E-state index in [2.05, 4.69) is 215 Å². The first-order valence-electron chi connectivity index (χ1n) is 24.8. The minimum atomic E-state index is -0.0860. The van der Waals surface area contributed by atoms with Crippen molar-refractivity contribution in [1.29, 1.82) is 0 Å². The first kappa shape index (κ1) is 41.8. The number of rotatable bonds is 1. The van der Waals surface area contributed by atoms with Gasteiger partial charge in [-0.15, -0.1) is 0 Å². The average Bonchev–Trinajstić information content (AvgIpc) is 3.90. The summed E-state index contributed by atoms with van der Waals surface area (Å²) >= 11 is 0. The summed E-state index contributed by atoms with van der Waals surface area (Å²) in [6, 6.07) is 56.3. The molecule has 8 aromatic carbocycles. The SMILES string of the molecule is CC1(C)c2cccc3c2-c2c1c1cc4ccccc4cc1c[n+]2CO3.CC1(C)c2cccc3c2-c2c1c1ccccc1c[n+]2CO3.COc1cccc2c1-c1nc3ccc4ccccc4c3cc1C2(C)C. The molecule has 71 heavy (non-hydrogen) atoms. The largest absolute Gasteiger partial charge is 0.496 e. The van der Waals surface area contributed by atoms with Crippen molar-refractivity contribution in [3.05, 3.63) is 203 Å². The van der Waals surface area contributed by atoms with Crippen molar-refractivity contribution in [2.24, 2.45) is 0 Å². The van der Waals surface area contributed by atoms with Crippen LogP contribution in [0.3, 0.4) is 0 Å². The lowest BCUT2D eigenvalue weighted by molar-refractivity contribution is -0.716. The Morgan fingerprint density at radius 2 is 0.972 bits per heavy atom. The van der Waals surface area contributed by atoms with Gasteiger partial charge in [-0.05, 0) is 103 Å². The standard InChI is InChI=1S/C23H18NO.C23H19NO.C19H16NO/c1-23(2)18-8-5-9-19-20(18)22-21(23)17-11-15-7-4-3-6-14(15)10-16(17)12-24(22)13-25-19;1-23(2)17-9-6-10-20(25-3)21(17)22-18(23)13-16-15-8-5-4-7-14(15)11-12-19(16)24-22;1-19(2)14-8-5-9-15-16(14)18-17(19)13-7-4-3-6-12(13)10-20(18)11-21-15/h3-12H,13H2,1-2H3;4-13H,1-3H3;3-10H,11H2,1-2H3/q+1;;+1. The number of methoxy groups -OCH3 is 1. The maximum absolute atomic E-state index is 6.06. The summed E-state index contributed by atoms with van der Waals surface area (Å²) in [5.74, 6) is 2.94. The molecular weight excluding hydrogens is 871 g/mol. The molecule has 0 saturated carbocycles. The van der Waals surface area contributed by atoms with Gasteiger partial charge in [0.1, 0.15) is 17.2 Å². The van der Waals surface area contributed by atoms with E-state index in [1.54, 1.807) is 7.11 Å². The molecule has 0 fully saturated rings. The molecule has 16 rings (SSSR count). The number of nitrogens with zero attached hydrogens (tertiary/aromatic N) is 3. The smallest absolute Gasteiger partial charge is 0.292 e. The van der Waals surface area contributed by atoms with E-state index in [0.29, 0.717) is 13.5 Å². The van der Waals surface area contributed by atoms with Gasteiger partial charge >= 0.3 is 0 Å². The van der Waals surface area contributed by atoms with Gasteiger partial charge in [0.25, 0.3) is 13.5 Å². The molecule has 0 spiro atoms. The van der Waals surface area contributed by atoms with E-state index in [1.165, 1.54) is 104 Å². The molecule has 6 nitrogen and oxygen atoms in total. The van der Waals surface area contributed by atoms with Gasteiger partial charge in [-0.3, -0.25) is 0 Å². The van der Waals surface area contributed by atoms with Crippen molar-refractivity contribution in [3.8, 4) is 51.0 Å². The van der Waals surface area contributed by atoms with Crippen molar-refractivity contribution in [3.63, 3.8) is 0 Å². The van der Waals surface area contributed by atoms with Crippen molar-refractivity contribution in [2.45, 2.75) is 71.2 Å². The van der Waals surface area contributed by atoms with Gasteiger partial charge in [0.2, 0.25) is 11.4 Å². The molecule has 0 saturated heterocycles. The fraction of sp³-hybridized carbons (Fsp3) is 0.185. The molecular formula is C65H53N3O3+2. The number of aromatic nitrogens is 3. The van der Waals surface area contributed by atoms with Gasteiger partial charge in [0, 0.05) is 49.1 Å². The van der Waals surface area contributed by atoms with Crippen LogP contribution in [-0.2, 0) is 29.7 Å². The van der Waals surface area contributed by atoms with E-state index < -0.39 is 0 Å². The van der Waals surface area contributed by atoms with Crippen LogP contribution in [-0.4, -0.2) is 12.1 Å². The summed E-state index contributed by atoms with van der Waals surface area (Å²) in [4.78, 5) is 5.07. The first-order valence-corrected chi connectivity index (χ1v) is 24.8. The Bertz CT molecular complexity index is 4140. The zero-order valence-corrected chi connectivity index (χ0v) is 41.1. The second kappa shape index (κ2) is 14.7. The Kier molecular flexibility index (Phi) is 8.68. The van der Waals surface area contributed by atoms with E-state index in [4.69, 9.17) is 19.2 Å². The molecule has 0 atom stereocenters. The van der Waals surface area contributed by atoms with Gasteiger partial charge in [-0.25, -0.2) is 4.98 Å². The van der Waals surface area contributed by atoms with E-state index in [-0.39, 0.29) is 16.2 Å². The molecule has 6 heteroatoms. The lowest BCUT2D eigenvalue weighted by Crippen LogP contribution is -2.41. The van der Waals surface area contributed by atoms with Gasteiger partial charge in [0.15, 0.2) is 12.4 Å². The number of fused-ring (bicyclic) bond motifs is 11. The maximum Gasteiger partial charge on any atom is 0.292 e. The number of benzene rings is 8. The minimum absolute atomic E-state index is 0.0109. The lowest BCUT2D eigenvalue weighted by Gasteiger charge is -2.21. The zero-order chi connectivity index (χ0) is 48.1. The summed E-state index contributed by atoms with van der Waals surface area (Å²) in [5.41, 5.74) is 16.5. The normalized spacial score (nSPS) is 15.7. The highest BCUT2D eigenvalue weighted by atomic mass is 16.5. The summed E-state index contributed by atoms with van der Waals surface area (Å²) in [5, 5.41) is 11.6. The first-order chi connectivity index (χ1) is 34.4. The van der Waals surface area contributed by atoms with E-state index >= 15 is 0 Å². The molecule has 11 aromatic rings. The number of pyridine rings is 3. The predicted molar refractivity (Wildman–Crippen MR) is 286 cm³/mol. The van der Waals surface area contributed by atoms with Crippen LogP contribution in [0.1, 0.15) is 74.9 Å². The number of ether oxygens (including phenoxy) is 3. The molecule has 0 N–H and O–H groups in total. The van der Waals surface area contributed by atoms with Crippen molar-refractivity contribution in [2.75, 3.05) is 7.11 Å². The fourth-order valence-corrected chi connectivity index (χ4v) is 13.0.